The van der Waals surface area contributed by atoms with E-state index in [-0.39, 0.29) is 5.92 Å². The van der Waals surface area contributed by atoms with Gasteiger partial charge in [0.1, 0.15) is 5.82 Å². The molecule has 2 fully saturated rings. The van der Waals surface area contributed by atoms with E-state index < -0.39 is 10.2 Å². The molecule has 1 aromatic heterocycles. The average Bonchev–Trinajstić information content (AvgIpc) is 2.88. The largest absolute Gasteiger partial charge is 0.307 e. The SMILES string of the molecule is Cn1c([C@@H]2CCCN(S(=O)(=O)N3CCCCC3)C2)n[nH]c1=S. The Bertz CT molecular complexity index is 675. The quantitative estimate of drug-likeness (QED) is 0.840. The highest BCUT2D eigenvalue weighted by Crippen LogP contribution is 2.28. The molecule has 3 rings (SSSR count). The van der Waals surface area contributed by atoms with E-state index in [1.165, 1.54) is 0 Å². The predicted octanol–water partition coefficient (Wildman–Crippen LogP) is 1.39. The highest BCUT2D eigenvalue weighted by atomic mass is 32.2. The Morgan fingerprint density at radius 1 is 1.14 bits per heavy atom. The minimum atomic E-state index is -3.34. The maximum Gasteiger partial charge on any atom is 0.281 e. The summed E-state index contributed by atoms with van der Waals surface area (Å²) in [6.07, 6.45) is 4.85. The van der Waals surface area contributed by atoms with Gasteiger partial charge in [0.05, 0.1) is 0 Å². The molecule has 7 nitrogen and oxygen atoms in total. The van der Waals surface area contributed by atoms with Crippen molar-refractivity contribution in [3.05, 3.63) is 10.6 Å². The highest BCUT2D eigenvalue weighted by Gasteiger charge is 2.35. The molecule has 22 heavy (non-hydrogen) atoms. The third kappa shape index (κ3) is 2.99. The van der Waals surface area contributed by atoms with E-state index in [9.17, 15) is 8.42 Å². The molecule has 2 aliphatic rings. The maximum absolute atomic E-state index is 12.8. The van der Waals surface area contributed by atoms with Gasteiger partial charge in [-0.2, -0.15) is 22.1 Å². The number of nitrogens with zero attached hydrogens (tertiary/aromatic N) is 4. The first-order valence-electron chi connectivity index (χ1n) is 7.86. The van der Waals surface area contributed by atoms with Crippen LogP contribution in [0.5, 0.6) is 0 Å². The molecule has 1 N–H and O–H groups in total. The lowest BCUT2D eigenvalue weighted by Gasteiger charge is -2.36. The van der Waals surface area contributed by atoms with Gasteiger partial charge < -0.3 is 4.57 Å². The van der Waals surface area contributed by atoms with Crippen molar-refractivity contribution < 1.29 is 8.42 Å². The van der Waals surface area contributed by atoms with Gasteiger partial charge >= 0.3 is 0 Å². The molecule has 0 radical (unpaired) electrons. The molecule has 0 spiro atoms. The van der Waals surface area contributed by atoms with Gasteiger partial charge in [-0.25, -0.2) is 0 Å². The van der Waals surface area contributed by atoms with Gasteiger partial charge in [-0.1, -0.05) is 6.42 Å². The summed E-state index contributed by atoms with van der Waals surface area (Å²) in [6, 6.07) is 0. The van der Waals surface area contributed by atoms with E-state index in [4.69, 9.17) is 12.2 Å². The molecule has 0 bridgehead atoms. The summed E-state index contributed by atoms with van der Waals surface area (Å²) >= 11 is 5.15. The molecule has 2 aliphatic heterocycles. The van der Waals surface area contributed by atoms with Gasteiger partial charge in [-0.3, -0.25) is 5.10 Å². The first kappa shape index (κ1) is 16.1. The van der Waals surface area contributed by atoms with Crippen LogP contribution in [0.2, 0.25) is 0 Å². The summed E-state index contributed by atoms with van der Waals surface area (Å²) in [5.41, 5.74) is 0. The van der Waals surface area contributed by atoms with Crippen LogP contribution in [-0.4, -0.2) is 58.0 Å². The van der Waals surface area contributed by atoms with E-state index in [1.807, 2.05) is 11.6 Å². The zero-order valence-corrected chi connectivity index (χ0v) is 14.5. The second-order valence-corrected chi connectivity index (χ2v) is 8.43. The van der Waals surface area contributed by atoms with Crippen LogP contribution in [0.3, 0.4) is 0 Å². The molecular weight excluding hydrogens is 322 g/mol. The van der Waals surface area contributed by atoms with Gasteiger partial charge in [0.15, 0.2) is 4.77 Å². The normalized spacial score (nSPS) is 25.4. The zero-order chi connectivity index (χ0) is 15.7. The van der Waals surface area contributed by atoms with Gasteiger partial charge in [-0.15, -0.1) is 0 Å². The summed E-state index contributed by atoms with van der Waals surface area (Å²) in [5, 5.41) is 7.07. The lowest BCUT2D eigenvalue weighted by Crippen LogP contribution is -2.49. The Hall–Kier alpha value is -0.770. The molecule has 0 amide bonds. The van der Waals surface area contributed by atoms with Crippen molar-refractivity contribution in [1.82, 2.24) is 23.4 Å². The van der Waals surface area contributed by atoms with Gasteiger partial charge in [0, 0.05) is 39.1 Å². The minimum Gasteiger partial charge on any atom is -0.307 e. The molecule has 2 saturated heterocycles. The molecule has 0 unspecified atom stereocenters. The molecule has 3 heterocycles. The topological polar surface area (TPSA) is 74.2 Å². The van der Waals surface area contributed by atoms with E-state index in [0.717, 1.165) is 37.9 Å². The van der Waals surface area contributed by atoms with Crippen molar-refractivity contribution in [3.8, 4) is 0 Å². The molecule has 1 atom stereocenters. The van der Waals surface area contributed by atoms with Gasteiger partial charge in [0.25, 0.3) is 10.2 Å². The second kappa shape index (κ2) is 6.38. The van der Waals surface area contributed by atoms with Crippen LogP contribution in [0.15, 0.2) is 0 Å². The van der Waals surface area contributed by atoms with Crippen LogP contribution in [0, 0.1) is 4.77 Å². The summed E-state index contributed by atoms with van der Waals surface area (Å²) < 4.78 is 31.3. The summed E-state index contributed by atoms with van der Waals surface area (Å²) in [6.45, 7) is 2.39. The highest BCUT2D eigenvalue weighted by molar-refractivity contribution is 7.86. The number of H-pyrrole nitrogens is 1. The van der Waals surface area contributed by atoms with Crippen LogP contribution in [0.1, 0.15) is 43.8 Å². The smallest absolute Gasteiger partial charge is 0.281 e. The van der Waals surface area contributed by atoms with E-state index in [1.54, 1.807) is 8.61 Å². The van der Waals surface area contributed by atoms with Gasteiger partial charge in [-0.05, 0) is 37.9 Å². The monoisotopic (exact) mass is 345 g/mol. The van der Waals surface area contributed by atoms with Gasteiger partial charge in [0.2, 0.25) is 0 Å². The predicted molar refractivity (Wildman–Crippen MR) is 86.3 cm³/mol. The number of rotatable bonds is 3. The third-order valence-corrected chi connectivity index (χ3v) is 7.00. The van der Waals surface area contributed by atoms with Crippen molar-refractivity contribution in [2.45, 2.75) is 38.0 Å². The maximum atomic E-state index is 12.8. The number of hydrogen-bond acceptors (Lipinski definition) is 4. The number of piperidine rings is 2. The lowest BCUT2D eigenvalue weighted by molar-refractivity contribution is 0.263. The fraction of sp³-hybridized carbons (Fsp3) is 0.846. The molecule has 0 saturated carbocycles. The number of nitrogens with one attached hydrogen (secondary N) is 1. The van der Waals surface area contributed by atoms with Crippen molar-refractivity contribution >= 4 is 22.4 Å². The van der Waals surface area contributed by atoms with Crippen molar-refractivity contribution in [3.63, 3.8) is 0 Å². The van der Waals surface area contributed by atoms with Crippen LogP contribution in [-0.2, 0) is 17.3 Å². The summed E-state index contributed by atoms with van der Waals surface area (Å²) in [7, 11) is -1.46. The van der Waals surface area contributed by atoms with Crippen molar-refractivity contribution in [2.24, 2.45) is 7.05 Å². The molecule has 0 aromatic carbocycles. The fourth-order valence-corrected chi connectivity index (χ4v) is 5.26. The van der Waals surface area contributed by atoms with E-state index in [0.29, 0.717) is 31.0 Å². The van der Waals surface area contributed by atoms with Crippen LogP contribution < -0.4 is 0 Å². The number of aromatic nitrogens is 3. The van der Waals surface area contributed by atoms with Crippen LogP contribution in [0.4, 0.5) is 0 Å². The Labute approximate surface area is 136 Å². The molecular formula is C13H23N5O2S2. The number of aromatic amines is 1. The third-order valence-electron chi connectivity index (χ3n) is 4.63. The fourth-order valence-electron chi connectivity index (χ4n) is 3.35. The molecule has 1 aromatic rings. The van der Waals surface area contributed by atoms with Crippen LogP contribution >= 0.6 is 12.2 Å². The lowest BCUT2D eigenvalue weighted by atomic mass is 9.99. The molecule has 9 heteroatoms. The number of hydrogen-bond donors (Lipinski definition) is 1. The zero-order valence-electron chi connectivity index (χ0n) is 12.9. The molecule has 0 aliphatic carbocycles. The Morgan fingerprint density at radius 3 is 2.45 bits per heavy atom. The first-order chi connectivity index (χ1) is 10.5. The van der Waals surface area contributed by atoms with Crippen LogP contribution in [0.25, 0.3) is 0 Å². The Balaban J connectivity index is 1.77. The Morgan fingerprint density at radius 2 is 1.82 bits per heavy atom. The van der Waals surface area contributed by atoms with E-state index >= 15 is 0 Å². The summed E-state index contributed by atoms with van der Waals surface area (Å²) in [4.78, 5) is 0. The first-order valence-corrected chi connectivity index (χ1v) is 9.67. The summed E-state index contributed by atoms with van der Waals surface area (Å²) in [5.74, 6) is 0.954. The molecule has 124 valence electrons. The Kier molecular flexibility index (Phi) is 4.67. The van der Waals surface area contributed by atoms with Crippen molar-refractivity contribution in [1.29, 1.82) is 0 Å². The average molecular weight is 345 g/mol. The van der Waals surface area contributed by atoms with E-state index in [2.05, 4.69) is 10.2 Å². The second-order valence-electron chi connectivity index (χ2n) is 6.11. The standard InChI is InChI=1S/C13H23N5O2S2/c1-16-12(14-15-13(16)21)11-6-5-9-18(10-11)22(19,20)17-7-3-2-4-8-17/h11H,2-10H2,1H3,(H,15,21)/t11-/m1/s1. The van der Waals surface area contributed by atoms with Crippen molar-refractivity contribution in [2.75, 3.05) is 26.2 Å². The minimum absolute atomic E-state index is 0.103.